The lowest BCUT2D eigenvalue weighted by molar-refractivity contribution is -0.0909. The first kappa shape index (κ1) is 6.41. The first-order valence-electron chi connectivity index (χ1n) is 4.08. The highest BCUT2D eigenvalue weighted by Gasteiger charge is 2.37. The highest BCUT2D eigenvalue weighted by Crippen LogP contribution is 2.39. The molecule has 0 saturated carbocycles. The molecule has 1 aliphatic carbocycles. The molecule has 0 amide bonds. The Kier molecular flexibility index (Phi) is 1.34. The lowest BCUT2D eigenvalue weighted by atomic mass is 9.75. The van der Waals surface area contributed by atoms with Gasteiger partial charge in [0.05, 0.1) is 13.2 Å². The van der Waals surface area contributed by atoms with Crippen molar-refractivity contribution in [3.05, 3.63) is 12.2 Å². The maximum absolute atomic E-state index is 5.20. The predicted molar refractivity (Wildman–Crippen MR) is 40.8 cm³/mol. The molecule has 1 unspecified atom stereocenters. The van der Waals surface area contributed by atoms with Crippen LogP contribution < -0.4 is 0 Å². The molecule has 1 aliphatic heterocycles. The third-order valence-electron chi connectivity index (χ3n) is 2.65. The molecule has 1 nitrogen and oxygen atoms in total. The average molecular weight is 138 g/mol. The zero-order valence-corrected chi connectivity index (χ0v) is 6.47. The normalized spacial score (nSPS) is 35.9. The molecule has 1 heteroatoms. The molecule has 1 heterocycles. The van der Waals surface area contributed by atoms with Crippen molar-refractivity contribution in [3.63, 3.8) is 0 Å². The molecular weight excluding hydrogens is 124 g/mol. The van der Waals surface area contributed by atoms with Gasteiger partial charge < -0.3 is 4.74 Å². The summed E-state index contributed by atoms with van der Waals surface area (Å²) in [4.78, 5) is 0. The fraction of sp³-hybridized carbons (Fsp3) is 0.778. The highest BCUT2D eigenvalue weighted by molar-refractivity contribution is 5.08. The van der Waals surface area contributed by atoms with Crippen LogP contribution in [0.2, 0.25) is 0 Å². The van der Waals surface area contributed by atoms with Gasteiger partial charge in [-0.25, -0.2) is 0 Å². The topological polar surface area (TPSA) is 9.23 Å². The maximum atomic E-state index is 5.20. The van der Waals surface area contributed by atoms with Crippen LogP contribution in [0.1, 0.15) is 19.8 Å². The third-order valence-corrected chi connectivity index (χ3v) is 2.65. The van der Waals surface area contributed by atoms with Crippen LogP contribution in [0.5, 0.6) is 0 Å². The molecule has 0 bridgehead atoms. The van der Waals surface area contributed by atoms with E-state index in [0.29, 0.717) is 5.41 Å². The van der Waals surface area contributed by atoms with Gasteiger partial charge in [0.15, 0.2) is 0 Å². The summed E-state index contributed by atoms with van der Waals surface area (Å²) in [5.41, 5.74) is 0.479. The van der Waals surface area contributed by atoms with Gasteiger partial charge in [-0.15, -0.1) is 0 Å². The fourth-order valence-corrected chi connectivity index (χ4v) is 1.67. The van der Waals surface area contributed by atoms with Crippen molar-refractivity contribution in [1.82, 2.24) is 0 Å². The minimum Gasteiger partial charge on any atom is -0.379 e. The highest BCUT2D eigenvalue weighted by atomic mass is 16.5. The van der Waals surface area contributed by atoms with Crippen molar-refractivity contribution < 1.29 is 4.74 Å². The van der Waals surface area contributed by atoms with E-state index in [0.717, 1.165) is 19.1 Å². The van der Waals surface area contributed by atoms with E-state index in [-0.39, 0.29) is 0 Å². The molecule has 0 aromatic heterocycles. The summed E-state index contributed by atoms with van der Waals surface area (Å²) in [7, 11) is 0. The maximum Gasteiger partial charge on any atom is 0.0579 e. The van der Waals surface area contributed by atoms with Gasteiger partial charge in [0.1, 0.15) is 0 Å². The van der Waals surface area contributed by atoms with E-state index in [1.165, 1.54) is 12.8 Å². The summed E-state index contributed by atoms with van der Waals surface area (Å²) in [6, 6.07) is 0. The Hall–Kier alpha value is -0.300. The molecule has 2 rings (SSSR count). The van der Waals surface area contributed by atoms with Gasteiger partial charge in [0.25, 0.3) is 0 Å². The lowest BCUT2D eigenvalue weighted by Gasteiger charge is -2.42. The summed E-state index contributed by atoms with van der Waals surface area (Å²) in [6.45, 7) is 4.22. The van der Waals surface area contributed by atoms with Crippen LogP contribution in [0, 0.1) is 11.3 Å². The van der Waals surface area contributed by atoms with Crippen LogP contribution >= 0.6 is 0 Å². The number of hydrogen-bond donors (Lipinski definition) is 0. The van der Waals surface area contributed by atoms with E-state index >= 15 is 0 Å². The Morgan fingerprint density at radius 3 is 2.70 bits per heavy atom. The number of hydrogen-bond acceptors (Lipinski definition) is 1. The van der Waals surface area contributed by atoms with Crippen molar-refractivity contribution in [2.75, 3.05) is 13.2 Å². The SMILES string of the molecule is CC1C=CC2(CC1)COC2. The van der Waals surface area contributed by atoms with E-state index < -0.39 is 0 Å². The molecule has 1 spiro atoms. The fourth-order valence-electron chi connectivity index (χ4n) is 1.67. The van der Waals surface area contributed by atoms with Gasteiger partial charge >= 0.3 is 0 Å². The van der Waals surface area contributed by atoms with Gasteiger partial charge in [-0.2, -0.15) is 0 Å². The van der Waals surface area contributed by atoms with Crippen molar-refractivity contribution in [3.8, 4) is 0 Å². The van der Waals surface area contributed by atoms with E-state index in [9.17, 15) is 0 Å². The van der Waals surface area contributed by atoms with Crippen LogP contribution in [0.3, 0.4) is 0 Å². The van der Waals surface area contributed by atoms with Crippen molar-refractivity contribution in [2.45, 2.75) is 19.8 Å². The molecule has 0 radical (unpaired) electrons. The number of rotatable bonds is 0. The van der Waals surface area contributed by atoms with Crippen LogP contribution in [-0.4, -0.2) is 13.2 Å². The van der Waals surface area contributed by atoms with Gasteiger partial charge in [0, 0.05) is 5.41 Å². The first-order valence-corrected chi connectivity index (χ1v) is 4.08. The Morgan fingerprint density at radius 1 is 1.50 bits per heavy atom. The van der Waals surface area contributed by atoms with E-state index in [1.807, 2.05) is 0 Å². The summed E-state index contributed by atoms with van der Waals surface area (Å²) >= 11 is 0. The molecule has 2 aliphatic rings. The summed E-state index contributed by atoms with van der Waals surface area (Å²) < 4.78 is 5.20. The van der Waals surface area contributed by atoms with E-state index in [4.69, 9.17) is 4.74 Å². The van der Waals surface area contributed by atoms with Crippen molar-refractivity contribution >= 4 is 0 Å². The Labute approximate surface area is 62.1 Å². The van der Waals surface area contributed by atoms with Gasteiger partial charge in [0.2, 0.25) is 0 Å². The molecule has 1 atom stereocenters. The second-order valence-corrected chi connectivity index (χ2v) is 3.73. The van der Waals surface area contributed by atoms with Crippen molar-refractivity contribution in [2.24, 2.45) is 11.3 Å². The van der Waals surface area contributed by atoms with Gasteiger partial charge in [-0.3, -0.25) is 0 Å². The Bertz CT molecular complexity index is 156. The second-order valence-electron chi connectivity index (χ2n) is 3.73. The zero-order chi connectivity index (χ0) is 7.03. The molecule has 0 aromatic carbocycles. The quantitative estimate of drug-likeness (QED) is 0.465. The lowest BCUT2D eigenvalue weighted by Crippen LogP contribution is -2.42. The van der Waals surface area contributed by atoms with Crippen LogP contribution in [-0.2, 0) is 4.74 Å². The predicted octanol–water partition coefficient (Wildman–Crippen LogP) is 1.99. The van der Waals surface area contributed by atoms with Crippen molar-refractivity contribution in [1.29, 1.82) is 0 Å². The molecule has 0 N–H and O–H groups in total. The zero-order valence-electron chi connectivity index (χ0n) is 6.47. The smallest absolute Gasteiger partial charge is 0.0579 e. The van der Waals surface area contributed by atoms with E-state index in [2.05, 4.69) is 19.1 Å². The van der Waals surface area contributed by atoms with Crippen LogP contribution in [0.4, 0.5) is 0 Å². The molecule has 10 heavy (non-hydrogen) atoms. The average Bonchev–Trinajstić information content (AvgIpc) is 1.86. The second kappa shape index (κ2) is 2.09. The van der Waals surface area contributed by atoms with Gasteiger partial charge in [-0.1, -0.05) is 19.1 Å². The molecule has 56 valence electrons. The summed E-state index contributed by atoms with van der Waals surface area (Å²) in [6.07, 6.45) is 7.39. The minimum absolute atomic E-state index is 0.479. The largest absolute Gasteiger partial charge is 0.379 e. The first-order chi connectivity index (χ1) is 4.81. The Morgan fingerprint density at radius 2 is 2.30 bits per heavy atom. The van der Waals surface area contributed by atoms with Crippen LogP contribution in [0.15, 0.2) is 12.2 Å². The Balaban J connectivity index is 2.07. The standard InChI is InChI=1S/C9H14O/c1-8-2-4-9(5-3-8)6-10-7-9/h2,4,8H,3,5-7H2,1H3. The summed E-state index contributed by atoms with van der Waals surface area (Å²) in [5.74, 6) is 0.797. The molecule has 0 aromatic rings. The number of ether oxygens (including phenoxy) is 1. The summed E-state index contributed by atoms with van der Waals surface area (Å²) in [5, 5.41) is 0. The minimum atomic E-state index is 0.479. The third kappa shape index (κ3) is 0.891. The number of allylic oxidation sites excluding steroid dienone is 1. The monoisotopic (exact) mass is 138 g/mol. The van der Waals surface area contributed by atoms with E-state index in [1.54, 1.807) is 0 Å². The van der Waals surface area contributed by atoms with Crippen LogP contribution in [0.25, 0.3) is 0 Å². The molecule has 1 fully saturated rings. The molecule has 1 saturated heterocycles. The molecular formula is C9H14O. The van der Waals surface area contributed by atoms with Gasteiger partial charge in [-0.05, 0) is 18.8 Å².